The molecule has 0 spiro atoms. The molecule has 2 aromatic rings. The maximum atomic E-state index is 12.5. The number of carbonyl (C=O) groups is 2. The Bertz CT molecular complexity index is 787. The Hall–Kier alpha value is -2.84. The number of nitrogens with zero attached hydrogens (tertiary/aromatic N) is 1. The molecule has 0 unspecified atom stereocenters. The molecule has 2 aromatic carbocycles. The largest absolute Gasteiger partial charge is 0.447 e. The number of rotatable bonds is 6. The fraction of sp³-hybridized carbons (Fsp3) is 0.211. The van der Waals surface area contributed by atoms with Gasteiger partial charge in [-0.25, -0.2) is 0 Å². The third kappa shape index (κ3) is 5.33. The number of nitriles is 1. The summed E-state index contributed by atoms with van der Waals surface area (Å²) in [5.41, 5.74) is 1.08. The van der Waals surface area contributed by atoms with Gasteiger partial charge in [0.1, 0.15) is 6.07 Å². The lowest BCUT2D eigenvalue weighted by molar-refractivity contribution is -0.146. The van der Waals surface area contributed by atoms with Crippen molar-refractivity contribution in [3.8, 4) is 6.07 Å². The van der Waals surface area contributed by atoms with Crippen LogP contribution in [0.5, 0.6) is 0 Å². The maximum absolute atomic E-state index is 12.5. The van der Waals surface area contributed by atoms with Gasteiger partial charge in [0.05, 0.1) is 23.0 Å². The predicted octanol–water partition coefficient (Wildman–Crippen LogP) is 3.66. The smallest absolute Gasteiger partial charge is 0.309 e. The number of benzene rings is 2. The van der Waals surface area contributed by atoms with Crippen molar-refractivity contribution in [3.63, 3.8) is 0 Å². The summed E-state index contributed by atoms with van der Waals surface area (Å²) in [6, 6.07) is 17.0. The molecule has 0 bridgehead atoms. The van der Waals surface area contributed by atoms with E-state index in [1.54, 1.807) is 36.4 Å². The highest BCUT2D eigenvalue weighted by Gasteiger charge is 2.22. The van der Waals surface area contributed by atoms with Crippen molar-refractivity contribution >= 4 is 23.5 Å². The molecular formula is C19H17ClN2O3. The minimum Gasteiger partial charge on any atom is -0.447 e. The van der Waals surface area contributed by atoms with Crippen LogP contribution < -0.4 is 5.32 Å². The summed E-state index contributed by atoms with van der Waals surface area (Å²) < 4.78 is 4.99. The van der Waals surface area contributed by atoms with Gasteiger partial charge >= 0.3 is 5.97 Å². The first-order chi connectivity index (χ1) is 12.0. The van der Waals surface area contributed by atoms with Gasteiger partial charge in [-0.1, -0.05) is 54.1 Å². The molecule has 0 saturated heterocycles. The third-order valence-corrected chi connectivity index (χ3v) is 3.82. The van der Waals surface area contributed by atoms with E-state index in [2.05, 4.69) is 5.32 Å². The van der Waals surface area contributed by atoms with Crippen LogP contribution >= 0.6 is 11.6 Å². The van der Waals surface area contributed by atoms with E-state index in [9.17, 15) is 9.59 Å². The molecule has 25 heavy (non-hydrogen) atoms. The molecule has 1 amide bonds. The number of nitrogens with one attached hydrogen (secondary N) is 1. The number of ether oxygens (including phenoxy) is 1. The van der Waals surface area contributed by atoms with Crippen LogP contribution in [-0.2, 0) is 9.53 Å². The molecule has 0 heterocycles. The molecule has 0 saturated carbocycles. The predicted molar refractivity (Wildman–Crippen MR) is 93.9 cm³/mol. The second-order valence-corrected chi connectivity index (χ2v) is 5.79. The Kier molecular flexibility index (Phi) is 6.55. The molecule has 0 aliphatic carbocycles. The third-order valence-electron chi connectivity index (χ3n) is 3.49. The van der Waals surface area contributed by atoms with Gasteiger partial charge in [0.25, 0.3) is 5.91 Å². The zero-order chi connectivity index (χ0) is 18.2. The van der Waals surface area contributed by atoms with Crippen LogP contribution in [0.15, 0.2) is 54.6 Å². The Morgan fingerprint density at radius 2 is 1.80 bits per heavy atom. The van der Waals surface area contributed by atoms with Crippen molar-refractivity contribution in [3.05, 3.63) is 70.7 Å². The van der Waals surface area contributed by atoms with E-state index >= 15 is 0 Å². The zero-order valence-electron chi connectivity index (χ0n) is 13.6. The number of amides is 1. The van der Waals surface area contributed by atoms with Gasteiger partial charge < -0.3 is 10.1 Å². The summed E-state index contributed by atoms with van der Waals surface area (Å²) in [4.78, 5) is 24.5. The second-order valence-electron chi connectivity index (χ2n) is 5.38. The van der Waals surface area contributed by atoms with Gasteiger partial charge in [-0.15, -0.1) is 0 Å². The average molecular weight is 357 g/mol. The van der Waals surface area contributed by atoms with Gasteiger partial charge in [0.2, 0.25) is 0 Å². The zero-order valence-corrected chi connectivity index (χ0v) is 14.4. The molecule has 128 valence electrons. The van der Waals surface area contributed by atoms with E-state index in [4.69, 9.17) is 21.6 Å². The van der Waals surface area contributed by atoms with Gasteiger partial charge in [-0.3, -0.25) is 9.59 Å². The fourth-order valence-corrected chi connectivity index (χ4v) is 2.48. The van der Waals surface area contributed by atoms with Crippen molar-refractivity contribution in [1.82, 2.24) is 5.32 Å². The number of hydrogen-bond acceptors (Lipinski definition) is 4. The fourth-order valence-electron chi connectivity index (χ4n) is 2.26. The average Bonchev–Trinajstić information content (AvgIpc) is 2.62. The highest BCUT2D eigenvalue weighted by molar-refractivity contribution is 6.33. The van der Waals surface area contributed by atoms with E-state index in [1.165, 1.54) is 6.92 Å². The second kappa shape index (κ2) is 8.86. The van der Waals surface area contributed by atoms with Crippen molar-refractivity contribution in [2.75, 3.05) is 0 Å². The van der Waals surface area contributed by atoms with E-state index in [1.807, 2.05) is 24.3 Å². The lowest BCUT2D eigenvalue weighted by Crippen LogP contribution is -2.31. The summed E-state index contributed by atoms with van der Waals surface area (Å²) in [5.74, 6) is -0.956. The first kappa shape index (κ1) is 18.5. The van der Waals surface area contributed by atoms with Crippen molar-refractivity contribution in [2.45, 2.75) is 25.5 Å². The van der Waals surface area contributed by atoms with Crippen LogP contribution in [0.3, 0.4) is 0 Å². The van der Waals surface area contributed by atoms with E-state index in [0.29, 0.717) is 10.6 Å². The maximum Gasteiger partial charge on any atom is 0.309 e. The summed E-state index contributed by atoms with van der Waals surface area (Å²) in [6.07, 6.45) is -0.935. The van der Waals surface area contributed by atoms with Crippen molar-refractivity contribution in [2.24, 2.45) is 0 Å². The molecule has 6 heteroatoms. The molecule has 1 N–H and O–H groups in total. The van der Waals surface area contributed by atoms with Crippen LogP contribution in [0.2, 0.25) is 5.02 Å². The minimum absolute atomic E-state index is 0.0910. The lowest BCUT2D eigenvalue weighted by atomic mass is 10.0. The molecule has 0 radical (unpaired) electrons. The Balaban J connectivity index is 2.18. The molecule has 0 aromatic heterocycles. The van der Waals surface area contributed by atoms with Crippen molar-refractivity contribution < 1.29 is 14.3 Å². The number of halogens is 1. The molecule has 2 atom stereocenters. The van der Waals surface area contributed by atoms with Crippen LogP contribution in [0.25, 0.3) is 0 Å². The SMILES string of the molecule is C[C@@H](C#N)OC(=O)C[C@H](NC(=O)c1ccccc1Cl)c1ccccc1. The topological polar surface area (TPSA) is 79.2 Å². The van der Waals surface area contributed by atoms with Crippen LogP contribution in [0.4, 0.5) is 0 Å². The van der Waals surface area contributed by atoms with Crippen LogP contribution in [0.1, 0.15) is 35.3 Å². The van der Waals surface area contributed by atoms with Gasteiger partial charge in [-0.2, -0.15) is 5.26 Å². The molecule has 2 rings (SSSR count). The first-order valence-corrected chi connectivity index (χ1v) is 8.08. The Morgan fingerprint density at radius 3 is 2.44 bits per heavy atom. The van der Waals surface area contributed by atoms with Gasteiger partial charge in [-0.05, 0) is 24.6 Å². The molecular weight excluding hydrogens is 340 g/mol. The number of esters is 1. The Morgan fingerprint density at radius 1 is 1.16 bits per heavy atom. The van der Waals surface area contributed by atoms with E-state index < -0.39 is 18.1 Å². The standard InChI is InChI=1S/C19H17ClN2O3/c1-13(12-21)25-18(23)11-17(14-7-3-2-4-8-14)22-19(24)15-9-5-6-10-16(15)20/h2-10,13,17H,11H2,1H3,(H,22,24)/t13-,17-/m0/s1. The minimum atomic E-state index is -0.844. The molecule has 0 aliphatic heterocycles. The Labute approximate surface area is 151 Å². The quantitative estimate of drug-likeness (QED) is 0.801. The van der Waals surface area contributed by atoms with Crippen molar-refractivity contribution in [1.29, 1.82) is 5.26 Å². The number of carbonyl (C=O) groups excluding carboxylic acids is 2. The first-order valence-electron chi connectivity index (χ1n) is 7.70. The summed E-state index contributed by atoms with van der Waals surface area (Å²) >= 11 is 6.05. The van der Waals surface area contributed by atoms with Gasteiger partial charge in [0.15, 0.2) is 6.10 Å². The summed E-state index contributed by atoms with van der Waals surface area (Å²) in [5, 5.41) is 11.9. The van der Waals surface area contributed by atoms with E-state index in [-0.39, 0.29) is 12.3 Å². The van der Waals surface area contributed by atoms with Gasteiger partial charge in [0, 0.05) is 0 Å². The monoisotopic (exact) mass is 356 g/mol. The molecule has 0 fully saturated rings. The lowest BCUT2D eigenvalue weighted by Gasteiger charge is -2.19. The summed E-state index contributed by atoms with van der Waals surface area (Å²) in [6.45, 7) is 1.48. The number of hydrogen-bond donors (Lipinski definition) is 1. The van der Waals surface area contributed by atoms with Crippen LogP contribution in [-0.4, -0.2) is 18.0 Å². The molecule has 5 nitrogen and oxygen atoms in total. The highest BCUT2D eigenvalue weighted by Crippen LogP contribution is 2.21. The normalized spacial score (nSPS) is 12.5. The molecule has 0 aliphatic rings. The highest BCUT2D eigenvalue weighted by atomic mass is 35.5. The summed E-state index contributed by atoms with van der Waals surface area (Å²) in [7, 11) is 0. The van der Waals surface area contributed by atoms with E-state index in [0.717, 1.165) is 5.56 Å². The van der Waals surface area contributed by atoms with Crippen LogP contribution in [0, 0.1) is 11.3 Å².